The van der Waals surface area contributed by atoms with Crippen LogP contribution in [0, 0.1) is 0 Å². The molecule has 0 saturated carbocycles. The first-order valence-electron chi connectivity index (χ1n) is 6.02. The van der Waals surface area contributed by atoms with Crippen LogP contribution in [-0.2, 0) is 22.1 Å². The lowest BCUT2D eigenvalue weighted by Gasteiger charge is -2.23. The van der Waals surface area contributed by atoms with Crippen LogP contribution >= 0.6 is 11.3 Å². The second-order valence-corrected chi connectivity index (χ2v) is 7.46. The van der Waals surface area contributed by atoms with Gasteiger partial charge >= 0.3 is 0 Å². The molecule has 2 aromatic rings. The molecule has 0 aliphatic carbocycles. The lowest BCUT2D eigenvalue weighted by Crippen LogP contribution is -2.35. The third-order valence-corrected chi connectivity index (χ3v) is 5.23. The van der Waals surface area contributed by atoms with Gasteiger partial charge in [0.2, 0.25) is 5.09 Å². The summed E-state index contributed by atoms with van der Waals surface area (Å²) in [7, 11) is -2.18. The van der Waals surface area contributed by atoms with Crippen molar-refractivity contribution in [3.05, 3.63) is 34.5 Å². The van der Waals surface area contributed by atoms with E-state index in [9.17, 15) is 8.42 Å². The number of hydrogen-bond donors (Lipinski definition) is 2. The molecule has 0 aromatic carbocycles. The van der Waals surface area contributed by atoms with E-state index >= 15 is 0 Å². The predicted octanol–water partition coefficient (Wildman–Crippen LogP) is 1.67. The molecule has 0 fully saturated rings. The van der Waals surface area contributed by atoms with E-state index in [4.69, 9.17) is 4.42 Å². The molecule has 110 valence electrons. The maximum Gasteiger partial charge on any atom is 0.273 e. The lowest BCUT2D eigenvalue weighted by molar-refractivity contribution is 0.347. The van der Waals surface area contributed by atoms with Crippen LogP contribution in [0.25, 0.3) is 0 Å². The highest BCUT2D eigenvalue weighted by Crippen LogP contribution is 2.23. The average molecular weight is 315 g/mol. The summed E-state index contributed by atoms with van der Waals surface area (Å²) in [5.74, 6) is 0.559. The van der Waals surface area contributed by atoms with Crippen LogP contribution < -0.4 is 10.0 Å². The van der Waals surface area contributed by atoms with Gasteiger partial charge < -0.3 is 4.42 Å². The third-order valence-electron chi connectivity index (χ3n) is 2.84. The Balaban J connectivity index is 2.05. The minimum Gasteiger partial charge on any atom is -0.447 e. The largest absolute Gasteiger partial charge is 0.447 e. The van der Waals surface area contributed by atoms with Gasteiger partial charge in [-0.2, -0.15) is 0 Å². The van der Waals surface area contributed by atoms with Gasteiger partial charge in [-0.1, -0.05) is 0 Å². The van der Waals surface area contributed by atoms with Crippen LogP contribution in [0.2, 0.25) is 0 Å². The first-order chi connectivity index (χ1) is 9.35. The molecule has 0 aliphatic rings. The molecule has 2 heterocycles. The Labute approximate surface area is 122 Å². The maximum absolute atomic E-state index is 11.6. The highest BCUT2D eigenvalue weighted by molar-refractivity contribution is 7.89. The van der Waals surface area contributed by atoms with Crippen LogP contribution in [0.15, 0.2) is 33.2 Å². The van der Waals surface area contributed by atoms with E-state index in [1.807, 2.05) is 19.2 Å². The summed E-state index contributed by atoms with van der Waals surface area (Å²) >= 11 is 1.57. The summed E-state index contributed by atoms with van der Waals surface area (Å²) in [6.07, 6.45) is 1.76. The molecule has 0 unspecified atom stereocenters. The van der Waals surface area contributed by atoms with E-state index < -0.39 is 10.0 Å². The molecule has 20 heavy (non-hydrogen) atoms. The van der Waals surface area contributed by atoms with Crippen molar-refractivity contribution in [3.63, 3.8) is 0 Å². The number of aromatic nitrogens is 1. The molecule has 0 amide bonds. The normalized spacial score (nSPS) is 12.8. The van der Waals surface area contributed by atoms with E-state index in [-0.39, 0.29) is 10.6 Å². The Morgan fingerprint density at radius 3 is 2.75 bits per heavy atom. The van der Waals surface area contributed by atoms with Crippen molar-refractivity contribution in [3.8, 4) is 0 Å². The second kappa shape index (κ2) is 5.65. The number of nitrogens with zero attached hydrogens (tertiary/aromatic N) is 1. The van der Waals surface area contributed by atoms with Gasteiger partial charge in [-0.3, -0.25) is 5.32 Å². The molecule has 0 spiro atoms. The standard InChI is InChI=1S/C12H17N3O3S2/c1-12(2,11-14-6-7-19-11)15-8-9-4-5-10(18-9)20(16,17)13-3/h4-7,13,15H,8H2,1-3H3. The van der Waals surface area contributed by atoms with E-state index in [1.165, 1.54) is 13.1 Å². The fourth-order valence-corrected chi connectivity index (χ4v) is 3.02. The molecule has 0 bridgehead atoms. The molecule has 2 rings (SSSR count). The fourth-order valence-electron chi connectivity index (χ4n) is 1.61. The Kier molecular flexibility index (Phi) is 4.28. The predicted molar refractivity (Wildman–Crippen MR) is 76.9 cm³/mol. The molecular weight excluding hydrogens is 298 g/mol. The maximum atomic E-state index is 11.6. The van der Waals surface area contributed by atoms with Gasteiger partial charge in [0.05, 0.1) is 12.1 Å². The molecule has 2 aromatic heterocycles. The average Bonchev–Trinajstić information content (AvgIpc) is 3.08. The number of furan rings is 1. The summed E-state index contributed by atoms with van der Waals surface area (Å²) in [6, 6.07) is 3.09. The second-order valence-electron chi connectivity index (χ2n) is 4.74. The van der Waals surface area contributed by atoms with E-state index in [2.05, 4.69) is 15.0 Å². The van der Waals surface area contributed by atoms with Crippen LogP contribution in [0.1, 0.15) is 24.6 Å². The van der Waals surface area contributed by atoms with Crippen molar-refractivity contribution >= 4 is 21.4 Å². The first kappa shape index (κ1) is 15.2. The van der Waals surface area contributed by atoms with Gasteiger partial charge in [0.1, 0.15) is 10.8 Å². The van der Waals surface area contributed by atoms with Crippen molar-refractivity contribution in [1.29, 1.82) is 0 Å². The SMILES string of the molecule is CNS(=O)(=O)c1ccc(CNC(C)(C)c2nccs2)o1. The Morgan fingerprint density at radius 2 is 2.15 bits per heavy atom. The number of nitrogens with one attached hydrogen (secondary N) is 2. The Bertz CT molecular complexity index is 660. The fraction of sp³-hybridized carbons (Fsp3) is 0.417. The quantitative estimate of drug-likeness (QED) is 0.847. The zero-order valence-electron chi connectivity index (χ0n) is 11.5. The molecule has 0 atom stereocenters. The van der Waals surface area contributed by atoms with Crippen LogP contribution in [0.3, 0.4) is 0 Å². The third kappa shape index (κ3) is 3.26. The van der Waals surface area contributed by atoms with Gasteiger partial charge in [-0.15, -0.1) is 11.3 Å². The number of rotatable bonds is 6. The van der Waals surface area contributed by atoms with Gasteiger partial charge in [0.25, 0.3) is 10.0 Å². The minimum absolute atomic E-state index is 0.0798. The Hall–Kier alpha value is -1.22. The smallest absolute Gasteiger partial charge is 0.273 e. The number of sulfonamides is 1. The molecule has 6 nitrogen and oxygen atoms in total. The van der Waals surface area contributed by atoms with E-state index in [0.29, 0.717) is 12.3 Å². The van der Waals surface area contributed by atoms with Crippen molar-refractivity contribution in [2.75, 3.05) is 7.05 Å². The van der Waals surface area contributed by atoms with Gasteiger partial charge in [-0.05, 0) is 33.0 Å². The summed E-state index contributed by atoms with van der Waals surface area (Å²) in [6.45, 7) is 4.45. The van der Waals surface area contributed by atoms with Gasteiger partial charge in [-0.25, -0.2) is 18.1 Å². The number of hydrogen-bond acceptors (Lipinski definition) is 6. The van der Waals surface area contributed by atoms with E-state index in [1.54, 1.807) is 23.6 Å². The summed E-state index contributed by atoms with van der Waals surface area (Å²) < 4.78 is 30.7. The summed E-state index contributed by atoms with van der Waals surface area (Å²) in [4.78, 5) is 4.28. The monoisotopic (exact) mass is 315 g/mol. The van der Waals surface area contributed by atoms with Crippen LogP contribution in [-0.4, -0.2) is 20.4 Å². The first-order valence-corrected chi connectivity index (χ1v) is 8.39. The molecule has 2 N–H and O–H groups in total. The molecule has 0 aliphatic heterocycles. The molecule has 0 saturated heterocycles. The Morgan fingerprint density at radius 1 is 1.40 bits per heavy atom. The van der Waals surface area contributed by atoms with Gasteiger partial charge in [0.15, 0.2) is 0 Å². The van der Waals surface area contributed by atoms with Crippen molar-refractivity contribution in [2.45, 2.75) is 31.0 Å². The highest BCUT2D eigenvalue weighted by atomic mass is 32.2. The van der Waals surface area contributed by atoms with Crippen LogP contribution in [0.5, 0.6) is 0 Å². The number of thiazole rings is 1. The van der Waals surface area contributed by atoms with Crippen molar-refractivity contribution < 1.29 is 12.8 Å². The zero-order chi connectivity index (χ0) is 14.8. The summed E-state index contributed by atoms with van der Waals surface area (Å²) in [5.41, 5.74) is -0.303. The molecule has 8 heteroatoms. The topological polar surface area (TPSA) is 84.2 Å². The van der Waals surface area contributed by atoms with Crippen LogP contribution in [0.4, 0.5) is 0 Å². The van der Waals surface area contributed by atoms with Gasteiger partial charge in [0, 0.05) is 11.6 Å². The zero-order valence-corrected chi connectivity index (χ0v) is 13.1. The highest BCUT2D eigenvalue weighted by Gasteiger charge is 2.23. The van der Waals surface area contributed by atoms with Crippen molar-refractivity contribution in [2.24, 2.45) is 0 Å². The van der Waals surface area contributed by atoms with Crippen molar-refractivity contribution in [1.82, 2.24) is 15.0 Å². The molecular formula is C12H17N3O3S2. The molecule has 0 radical (unpaired) electrons. The summed E-state index contributed by atoms with van der Waals surface area (Å²) in [5, 5.41) is 6.10. The van der Waals surface area contributed by atoms with E-state index in [0.717, 1.165) is 5.01 Å². The lowest BCUT2D eigenvalue weighted by atomic mass is 10.1. The minimum atomic E-state index is -3.53.